The lowest BCUT2D eigenvalue weighted by atomic mass is 10.1. The van der Waals surface area contributed by atoms with Crippen molar-refractivity contribution in [3.05, 3.63) is 70.7 Å². The Bertz CT molecular complexity index is 498. The topological polar surface area (TPSA) is 9.23 Å². The Labute approximate surface area is 139 Å². The average Bonchev–Trinajstić information content (AvgIpc) is 2.50. The first-order valence-electron chi connectivity index (χ1n) is 6.76. The van der Waals surface area contributed by atoms with Gasteiger partial charge < -0.3 is 4.74 Å². The molecule has 0 saturated heterocycles. The molecule has 0 aromatic heterocycles. The molecular weight excluding hydrogens is 383 g/mol. The van der Waals surface area contributed by atoms with E-state index in [-0.39, 0.29) is 6.10 Å². The molecule has 0 amide bonds. The second kappa shape index (κ2) is 8.65. The zero-order valence-electron chi connectivity index (χ0n) is 11.3. The molecule has 2 rings (SSSR count). The number of rotatable bonds is 7. The Morgan fingerprint density at radius 2 is 1.70 bits per heavy atom. The Balaban J connectivity index is 1.78. The maximum absolute atomic E-state index is 5.99. The van der Waals surface area contributed by atoms with E-state index < -0.39 is 0 Å². The minimum Gasteiger partial charge on any atom is -0.373 e. The Hall–Kier alpha value is -0.580. The number of halogens is 2. The predicted molar refractivity (Wildman–Crippen MR) is 93.8 cm³/mol. The molecule has 0 N–H and O–H groups in total. The van der Waals surface area contributed by atoms with Crippen molar-refractivity contribution in [3.63, 3.8) is 0 Å². The van der Waals surface area contributed by atoms with Crippen LogP contribution in [0.25, 0.3) is 0 Å². The number of alkyl halides is 1. The maximum Gasteiger partial charge on any atom is 0.0914 e. The molecule has 0 bridgehead atoms. The summed E-state index contributed by atoms with van der Waals surface area (Å²) in [5, 5.41) is 0.769. The molecule has 0 heterocycles. The molecule has 0 fully saturated rings. The van der Waals surface area contributed by atoms with Gasteiger partial charge in [0, 0.05) is 16.1 Å². The van der Waals surface area contributed by atoms with Gasteiger partial charge in [0.2, 0.25) is 0 Å². The van der Waals surface area contributed by atoms with E-state index in [1.807, 2.05) is 30.3 Å². The Morgan fingerprint density at radius 1 is 1.00 bits per heavy atom. The van der Waals surface area contributed by atoms with Crippen molar-refractivity contribution in [2.75, 3.05) is 11.0 Å². The third kappa shape index (κ3) is 5.08. The monoisotopic (exact) mass is 400 g/mol. The highest BCUT2D eigenvalue weighted by Gasteiger charge is 2.10. The minimum atomic E-state index is 0.156. The summed E-state index contributed by atoms with van der Waals surface area (Å²) in [6, 6.07) is 18.5. The van der Waals surface area contributed by atoms with Crippen LogP contribution in [0.2, 0.25) is 5.02 Å². The summed E-state index contributed by atoms with van der Waals surface area (Å²) in [6.45, 7) is 0.783. The minimum absolute atomic E-state index is 0.156. The molecular formula is C17H18ClIO. The second-order valence-electron chi connectivity index (χ2n) is 4.65. The molecule has 0 aliphatic heterocycles. The van der Waals surface area contributed by atoms with Gasteiger partial charge in [-0.3, -0.25) is 0 Å². The lowest BCUT2D eigenvalue weighted by molar-refractivity contribution is 0.0693. The molecule has 1 nitrogen and oxygen atoms in total. The maximum atomic E-state index is 5.99. The van der Waals surface area contributed by atoms with Crippen molar-refractivity contribution in [2.24, 2.45) is 0 Å². The van der Waals surface area contributed by atoms with Crippen molar-refractivity contribution in [2.45, 2.75) is 18.9 Å². The van der Waals surface area contributed by atoms with Crippen LogP contribution in [0.5, 0.6) is 0 Å². The smallest absolute Gasteiger partial charge is 0.0914 e. The molecule has 1 atom stereocenters. The van der Waals surface area contributed by atoms with Crippen LogP contribution >= 0.6 is 34.2 Å². The first-order chi connectivity index (χ1) is 9.79. The van der Waals surface area contributed by atoms with Gasteiger partial charge in [0.1, 0.15) is 0 Å². The number of ether oxygens (including phenoxy) is 1. The van der Waals surface area contributed by atoms with E-state index >= 15 is 0 Å². The molecule has 0 saturated carbocycles. The van der Waals surface area contributed by atoms with Crippen LogP contribution in [0.1, 0.15) is 23.7 Å². The molecule has 20 heavy (non-hydrogen) atoms. The van der Waals surface area contributed by atoms with Gasteiger partial charge in [-0.2, -0.15) is 0 Å². The van der Waals surface area contributed by atoms with Crippen LogP contribution in [0.15, 0.2) is 54.6 Å². The summed E-state index contributed by atoms with van der Waals surface area (Å²) in [7, 11) is 0. The SMILES string of the molecule is Clc1ccc(C(CI)OCCCc2ccccc2)cc1. The summed E-state index contributed by atoms with van der Waals surface area (Å²) in [5.74, 6) is 0. The number of hydrogen-bond acceptors (Lipinski definition) is 1. The molecule has 0 radical (unpaired) electrons. The highest BCUT2D eigenvalue weighted by atomic mass is 127. The first kappa shape index (κ1) is 15.8. The molecule has 1 unspecified atom stereocenters. The van der Waals surface area contributed by atoms with E-state index in [2.05, 4.69) is 46.9 Å². The molecule has 0 aliphatic carbocycles. The number of hydrogen-bond donors (Lipinski definition) is 0. The third-order valence-corrected chi connectivity index (χ3v) is 4.21. The molecule has 2 aromatic rings. The van der Waals surface area contributed by atoms with Crippen LogP contribution < -0.4 is 0 Å². The second-order valence-corrected chi connectivity index (χ2v) is 5.97. The van der Waals surface area contributed by atoms with Gasteiger partial charge in [-0.15, -0.1) is 0 Å². The average molecular weight is 401 g/mol. The largest absolute Gasteiger partial charge is 0.373 e. The molecule has 0 spiro atoms. The van der Waals surface area contributed by atoms with E-state index in [1.165, 1.54) is 11.1 Å². The van der Waals surface area contributed by atoms with Gasteiger partial charge in [0.05, 0.1) is 6.10 Å². The zero-order chi connectivity index (χ0) is 14.2. The molecule has 0 aliphatic rings. The zero-order valence-corrected chi connectivity index (χ0v) is 14.2. The van der Waals surface area contributed by atoms with Crippen LogP contribution in [0, 0.1) is 0 Å². The lowest BCUT2D eigenvalue weighted by Crippen LogP contribution is -2.07. The van der Waals surface area contributed by atoms with Crippen molar-refractivity contribution in [1.29, 1.82) is 0 Å². The van der Waals surface area contributed by atoms with Gasteiger partial charge in [0.15, 0.2) is 0 Å². The standard InChI is InChI=1S/C17H18ClIO/c18-16-10-8-15(9-11-16)17(13-19)20-12-4-7-14-5-2-1-3-6-14/h1-3,5-6,8-11,17H,4,7,12-13H2. The van der Waals surface area contributed by atoms with E-state index in [0.29, 0.717) is 0 Å². The van der Waals surface area contributed by atoms with Gasteiger partial charge >= 0.3 is 0 Å². The first-order valence-corrected chi connectivity index (χ1v) is 8.67. The summed E-state index contributed by atoms with van der Waals surface area (Å²) in [4.78, 5) is 0. The molecule has 2 aromatic carbocycles. The van der Waals surface area contributed by atoms with Gasteiger partial charge in [-0.05, 0) is 36.1 Å². The van der Waals surface area contributed by atoms with Crippen molar-refractivity contribution >= 4 is 34.2 Å². The summed E-state index contributed by atoms with van der Waals surface area (Å²) >= 11 is 8.28. The van der Waals surface area contributed by atoms with Crippen LogP contribution in [-0.2, 0) is 11.2 Å². The predicted octanol–water partition coefficient (Wildman–Crippen LogP) is 5.47. The van der Waals surface area contributed by atoms with E-state index in [0.717, 1.165) is 28.9 Å². The fourth-order valence-electron chi connectivity index (χ4n) is 2.05. The fourth-order valence-corrected chi connectivity index (χ4v) is 2.94. The highest BCUT2D eigenvalue weighted by Crippen LogP contribution is 2.22. The van der Waals surface area contributed by atoms with Crippen LogP contribution in [0.3, 0.4) is 0 Å². The summed E-state index contributed by atoms with van der Waals surface area (Å²) in [6.07, 6.45) is 2.27. The number of benzene rings is 2. The van der Waals surface area contributed by atoms with Crippen LogP contribution in [-0.4, -0.2) is 11.0 Å². The Kier molecular flexibility index (Phi) is 6.83. The van der Waals surface area contributed by atoms with Gasteiger partial charge in [0.25, 0.3) is 0 Å². The van der Waals surface area contributed by atoms with Crippen LogP contribution in [0.4, 0.5) is 0 Å². The highest BCUT2D eigenvalue weighted by molar-refractivity contribution is 14.1. The Morgan fingerprint density at radius 3 is 2.35 bits per heavy atom. The number of aryl methyl sites for hydroxylation is 1. The molecule has 106 valence electrons. The molecule has 3 heteroatoms. The van der Waals surface area contributed by atoms with Gasteiger partial charge in [-0.25, -0.2) is 0 Å². The van der Waals surface area contributed by atoms with E-state index in [4.69, 9.17) is 16.3 Å². The van der Waals surface area contributed by atoms with Gasteiger partial charge in [-0.1, -0.05) is 76.7 Å². The quantitative estimate of drug-likeness (QED) is 0.340. The summed E-state index contributed by atoms with van der Waals surface area (Å²) < 4.78 is 6.94. The van der Waals surface area contributed by atoms with Crippen molar-refractivity contribution < 1.29 is 4.74 Å². The van der Waals surface area contributed by atoms with Crippen molar-refractivity contribution in [3.8, 4) is 0 Å². The third-order valence-electron chi connectivity index (χ3n) is 3.15. The lowest BCUT2D eigenvalue weighted by Gasteiger charge is -2.16. The van der Waals surface area contributed by atoms with Crippen molar-refractivity contribution in [1.82, 2.24) is 0 Å². The fraction of sp³-hybridized carbons (Fsp3) is 0.294. The summed E-state index contributed by atoms with van der Waals surface area (Å²) in [5.41, 5.74) is 2.57. The normalized spacial score (nSPS) is 12.3. The van der Waals surface area contributed by atoms with E-state index in [9.17, 15) is 0 Å². The van der Waals surface area contributed by atoms with E-state index in [1.54, 1.807) is 0 Å².